The third-order valence-corrected chi connectivity index (χ3v) is 6.83. The Morgan fingerprint density at radius 2 is 1.94 bits per heavy atom. The van der Waals surface area contributed by atoms with E-state index in [0.29, 0.717) is 5.41 Å². The van der Waals surface area contributed by atoms with Crippen LogP contribution < -0.4 is 10.2 Å². The zero-order chi connectivity index (χ0) is 24.0. The SMILES string of the molecule is Cc1cc(C(C)Nc2cccc(C(=O)O)c2)c2nc(N3CCC(C)(C)CC3)n3ncnc3c2c1. The first kappa shape index (κ1) is 22.1. The van der Waals surface area contributed by atoms with Gasteiger partial charge in [-0.2, -0.15) is 9.61 Å². The van der Waals surface area contributed by atoms with Crippen LogP contribution in [0.2, 0.25) is 0 Å². The van der Waals surface area contributed by atoms with Crippen molar-refractivity contribution in [3.8, 4) is 0 Å². The molecule has 34 heavy (non-hydrogen) atoms. The molecule has 5 rings (SSSR count). The summed E-state index contributed by atoms with van der Waals surface area (Å²) >= 11 is 0. The minimum absolute atomic E-state index is 0.0996. The molecule has 1 aliphatic heterocycles. The van der Waals surface area contributed by atoms with Crippen molar-refractivity contribution >= 4 is 34.2 Å². The van der Waals surface area contributed by atoms with E-state index in [1.165, 1.54) is 0 Å². The van der Waals surface area contributed by atoms with E-state index in [2.05, 4.69) is 60.1 Å². The Bertz CT molecular complexity index is 1380. The molecule has 3 heterocycles. The first-order valence-electron chi connectivity index (χ1n) is 11.7. The molecule has 1 fully saturated rings. The van der Waals surface area contributed by atoms with Crippen LogP contribution in [0.3, 0.4) is 0 Å². The number of nitrogens with zero attached hydrogens (tertiary/aromatic N) is 5. The van der Waals surface area contributed by atoms with Crippen molar-refractivity contribution in [1.29, 1.82) is 0 Å². The van der Waals surface area contributed by atoms with Crippen molar-refractivity contribution in [2.75, 3.05) is 23.3 Å². The first-order valence-corrected chi connectivity index (χ1v) is 11.7. The van der Waals surface area contributed by atoms with Gasteiger partial charge in [-0.3, -0.25) is 0 Å². The van der Waals surface area contributed by atoms with E-state index in [9.17, 15) is 9.90 Å². The highest BCUT2D eigenvalue weighted by molar-refractivity contribution is 5.95. The lowest BCUT2D eigenvalue weighted by molar-refractivity contribution is 0.0697. The summed E-state index contributed by atoms with van der Waals surface area (Å²) < 4.78 is 1.86. The van der Waals surface area contributed by atoms with Gasteiger partial charge in [0.05, 0.1) is 17.1 Å². The van der Waals surface area contributed by atoms with Crippen LogP contribution >= 0.6 is 0 Å². The van der Waals surface area contributed by atoms with Gasteiger partial charge < -0.3 is 15.3 Å². The fourth-order valence-corrected chi connectivity index (χ4v) is 4.74. The highest BCUT2D eigenvalue weighted by Gasteiger charge is 2.28. The summed E-state index contributed by atoms with van der Waals surface area (Å²) in [4.78, 5) is 23.4. The fraction of sp³-hybridized carbons (Fsp3) is 0.385. The summed E-state index contributed by atoms with van der Waals surface area (Å²) in [5.74, 6) is -0.122. The van der Waals surface area contributed by atoms with Crippen molar-refractivity contribution in [2.24, 2.45) is 5.41 Å². The van der Waals surface area contributed by atoms with Gasteiger partial charge in [0.25, 0.3) is 0 Å². The average molecular weight is 459 g/mol. The van der Waals surface area contributed by atoms with Crippen LogP contribution in [-0.4, -0.2) is 43.7 Å². The number of hydrogen-bond acceptors (Lipinski definition) is 6. The third kappa shape index (κ3) is 4.04. The van der Waals surface area contributed by atoms with E-state index < -0.39 is 5.97 Å². The number of hydrogen-bond donors (Lipinski definition) is 2. The Labute approximate surface area is 198 Å². The number of aromatic carboxylic acids is 1. The molecule has 0 saturated carbocycles. The molecule has 2 aromatic carbocycles. The summed E-state index contributed by atoms with van der Waals surface area (Å²) in [5.41, 5.74) is 5.18. The van der Waals surface area contributed by atoms with Crippen molar-refractivity contribution in [3.05, 3.63) is 59.4 Å². The lowest BCUT2D eigenvalue weighted by Crippen LogP contribution is -2.39. The highest BCUT2D eigenvalue weighted by Crippen LogP contribution is 2.35. The van der Waals surface area contributed by atoms with Crippen LogP contribution in [0.5, 0.6) is 0 Å². The standard InChI is InChI=1S/C26H30N6O2/c1-16-12-20(17(2)29-19-7-5-6-18(14-19)24(33)34)22-21(13-16)23-27-15-28-32(23)25(30-22)31-10-8-26(3,4)9-11-31/h5-7,12-15,17,29H,8-11H2,1-4H3,(H,33,34). The predicted octanol–water partition coefficient (Wildman–Crippen LogP) is 5.08. The second-order valence-corrected chi connectivity index (χ2v) is 10.1. The maximum Gasteiger partial charge on any atom is 0.335 e. The van der Waals surface area contributed by atoms with E-state index in [-0.39, 0.29) is 11.6 Å². The predicted molar refractivity (Wildman–Crippen MR) is 134 cm³/mol. The van der Waals surface area contributed by atoms with Crippen LogP contribution in [0.25, 0.3) is 16.6 Å². The normalized spacial score (nSPS) is 16.6. The van der Waals surface area contributed by atoms with Gasteiger partial charge in [-0.1, -0.05) is 26.0 Å². The van der Waals surface area contributed by atoms with Gasteiger partial charge in [0.15, 0.2) is 5.65 Å². The second kappa shape index (κ2) is 8.27. The molecule has 0 aliphatic carbocycles. The van der Waals surface area contributed by atoms with Gasteiger partial charge in [0.2, 0.25) is 5.95 Å². The molecule has 1 atom stereocenters. The summed E-state index contributed by atoms with van der Waals surface area (Å²) in [7, 11) is 0. The average Bonchev–Trinajstić information content (AvgIpc) is 3.29. The fourth-order valence-electron chi connectivity index (χ4n) is 4.74. The van der Waals surface area contributed by atoms with E-state index in [1.54, 1.807) is 24.5 Å². The number of piperidine rings is 1. The number of fused-ring (bicyclic) bond motifs is 3. The van der Waals surface area contributed by atoms with Gasteiger partial charge in [0, 0.05) is 29.7 Å². The van der Waals surface area contributed by atoms with Crippen LogP contribution in [0.4, 0.5) is 11.6 Å². The Kier molecular flexibility index (Phi) is 5.38. The number of carboxylic acid groups (broad SMARTS) is 1. The van der Waals surface area contributed by atoms with Gasteiger partial charge in [-0.25, -0.2) is 14.8 Å². The molecule has 0 bridgehead atoms. The van der Waals surface area contributed by atoms with Crippen molar-refractivity contribution in [3.63, 3.8) is 0 Å². The maximum atomic E-state index is 11.4. The smallest absolute Gasteiger partial charge is 0.335 e. The minimum Gasteiger partial charge on any atom is -0.478 e. The molecule has 8 heteroatoms. The number of aryl methyl sites for hydroxylation is 1. The lowest BCUT2D eigenvalue weighted by Gasteiger charge is -2.37. The highest BCUT2D eigenvalue weighted by atomic mass is 16.4. The molecule has 0 radical (unpaired) electrons. The largest absolute Gasteiger partial charge is 0.478 e. The third-order valence-electron chi connectivity index (χ3n) is 6.83. The van der Waals surface area contributed by atoms with Crippen molar-refractivity contribution in [1.82, 2.24) is 19.6 Å². The Hall–Kier alpha value is -3.68. The number of aromatic nitrogens is 4. The number of rotatable bonds is 5. The van der Waals surface area contributed by atoms with E-state index in [1.807, 2.05) is 10.6 Å². The van der Waals surface area contributed by atoms with Crippen molar-refractivity contribution < 1.29 is 9.90 Å². The molecule has 4 aromatic rings. The van der Waals surface area contributed by atoms with E-state index >= 15 is 0 Å². The van der Waals surface area contributed by atoms with Crippen LogP contribution in [0.15, 0.2) is 42.7 Å². The number of nitrogens with one attached hydrogen (secondary N) is 1. The molecular weight excluding hydrogens is 428 g/mol. The molecule has 1 unspecified atom stereocenters. The van der Waals surface area contributed by atoms with Gasteiger partial charge in [-0.05, 0) is 61.9 Å². The number of carbonyl (C=O) groups is 1. The van der Waals surface area contributed by atoms with Gasteiger partial charge in [-0.15, -0.1) is 0 Å². The Morgan fingerprint density at radius 3 is 2.68 bits per heavy atom. The summed E-state index contributed by atoms with van der Waals surface area (Å²) in [5, 5.41) is 18.3. The first-order chi connectivity index (χ1) is 16.2. The number of benzene rings is 2. The quantitative estimate of drug-likeness (QED) is 0.430. The summed E-state index contributed by atoms with van der Waals surface area (Å²) in [6.45, 7) is 10.6. The molecule has 8 nitrogen and oxygen atoms in total. The molecule has 2 N–H and O–H groups in total. The van der Waals surface area contributed by atoms with Gasteiger partial charge in [0.1, 0.15) is 6.33 Å². The monoisotopic (exact) mass is 458 g/mol. The van der Waals surface area contributed by atoms with E-state index in [0.717, 1.165) is 65.2 Å². The zero-order valence-corrected chi connectivity index (χ0v) is 20.0. The topological polar surface area (TPSA) is 95.6 Å². The molecule has 1 aliphatic rings. The molecule has 0 amide bonds. The molecule has 176 valence electrons. The van der Waals surface area contributed by atoms with E-state index in [4.69, 9.17) is 4.98 Å². The zero-order valence-electron chi connectivity index (χ0n) is 20.0. The van der Waals surface area contributed by atoms with Gasteiger partial charge >= 0.3 is 5.97 Å². The molecule has 1 saturated heterocycles. The second-order valence-electron chi connectivity index (χ2n) is 10.1. The summed E-state index contributed by atoms with van der Waals surface area (Å²) in [6, 6.07) is 11.0. The summed E-state index contributed by atoms with van der Waals surface area (Å²) in [6.07, 6.45) is 3.79. The number of anilines is 2. The Balaban J connectivity index is 1.60. The Morgan fingerprint density at radius 1 is 1.18 bits per heavy atom. The number of carboxylic acids is 1. The molecule has 2 aromatic heterocycles. The molecule has 0 spiro atoms. The van der Waals surface area contributed by atoms with Crippen molar-refractivity contribution in [2.45, 2.75) is 46.6 Å². The minimum atomic E-state index is -0.942. The molecular formula is C26H30N6O2. The van der Waals surface area contributed by atoms with Crippen LogP contribution in [0, 0.1) is 12.3 Å². The van der Waals surface area contributed by atoms with Crippen LogP contribution in [-0.2, 0) is 0 Å². The van der Waals surface area contributed by atoms with Crippen LogP contribution in [0.1, 0.15) is 61.1 Å². The lowest BCUT2D eigenvalue weighted by atomic mass is 9.83. The maximum absolute atomic E-state index is 11.4.